The van der Waals surface area contributed by atoms with E-state index in [0.29, 0.717) is 29.0 Å². The van der Waals surface area contributed by atoms with Gasteiger partial charge in [0.1, 0.15) is 0 Å². The van der Waals surface area contributed by atoms with E-state index < -0.39 is 18.0 Å². The standard InChI is InChI=1S/C14H15BrO6/c1-3-19-11-7-8(6-9(15)12(11)18-2)13(16)21-10-4-5-20-14(10)17/h6-7,10H,3-5H2,1-2H3/t10-/m1/s1. The number of ether oxygens (including phenoxy) is 4. The van der Waals surface area contributed by atoms with Gasteiger partial charge in [0.15, 0.2) is 11.5 Å². The second-order valence-electron chi connectivity index (χ2n) is 4.27. The monoisotopic (exact) mass is 358 g/mol. The van der Waals surface area contributed by atoms with Crippen molar-refractivity contribution in [1.29, 1.82) is 0 Å². The summed E-state index contributed by atoms with van der Waals surface area (Å²) in [6, 6.07) is 3.08. The molecule has 1 aliphatic rings. The van der Waals surface area contributed by atoms with Crippen LogP contribution in [0.2, 0.25) is 0 Å². The van der Waals surface area contributed by atoms with Gasteiger partial charge >= 0.3 is 11.9 Å². The predicted octanol–water partition coefficient (Wildman–Crippen LogP) is 2.33. The van der Waals surface area contributed by atoms with E-state index in [1.165, 1.54) is 13.2 Å². The Kier molecular flexibility index (Phi) is 5.06. The highest BCUT2D eigenvalue weighted by Gasteiger charge is 2.31. The highest BCUT2D eigenvalue weighted by molar-refractivity contribution is 9.10. The molecular formula is C14H15BrO6. The van der Waals surface area contributed by atoms with Crippen LogP contribution in [0.1, 0.15) is 23.7 Å². The molecule has 2 rings (SSSR count). The van der Waals surface area contributed by atoms with E-state index in [1.807, 2.05) is 6.92 Å². The highest BCUT2D eigenvalue weighted by atomic mass is 79.9. The number of methoxy groups -OCH3 is 1. The molecule has 1 fully saturated rings. The Bertz CT molecular complexity index is 557. The molecular weight excluding hydrogens is 344 g/mol. The molecule has 1 aromatic rings. The molecule has 21 heavy (non-hydrogen) atoms. The number of esters is 2. The molecule has 1 heterocycles. The molecule has 6 nitrogen and oxygen atoms in total. The van der Waals surface area contributed by atoms with Crippen LogP contribution in [0.4, 0.5) is 0 Å². The summed E-state index contributed by atoms with van der Waals surface area (Å²) in [5.74, 6) is -0.201. The molecule has 0 bridgehead atoms. The molecule has 7 heteroatoms. The zero-order valence-corrected chi connectivity index (χ0v) is 13.3. The number of hydrogen-bond acceptors (Lipinski definition) is 6. The lowest BCUT2D eigenvalue weighted by Crippen LogP contribution is -2.22. The number of halogens is 1. The molecule has 114 valence electrons. The first-order valence-corrected chi connectivity index (χ1v) is 7.24. The molecule has 0 unspecified atom stereocenters. The van der Waals surface area contributed by atoms with Crippen molar-refractivity contribution in [2.24, 2.45) is 0 Å². The summed E-state index contributed by atoms with van der Waals surface area (Å²) < 4.78 is 21.1. The second-order valence-corrected chi connectivity index (χ2v) is 5.13. The van der Waals surface area contributed by atoms with E-state index in [9.17, 15) is 9.59 Å². The maximum atomic E-state index is 12.1. The van der Waals surface area contributed by atoms with Crippen molar-refractivity contribution in [3.05, 3.63) is 22.2 Å². The van der Waals surface area contributed by atoms with Crippen LogP contribution in [0, 0.1) is 0 Å². The summed E-state index contributed by atoms with van der Waals surface area (Å²) in [4.78, 5) is 23.4. The van der Waals surface area contributed by atoms with Gasteiger partial charge in [-0.1, -0.05) is 0 Å². The van der Waals surface area contributed by atoms with Gasteiger partial charge in [-0.15, -0.1) is 0 Å². The molecule has 0 aromatic heterocycles. The van der Waals surface area contributed by atoms with Gasteiger partial charge in [0.2, 0.25) is 6.10 Å². The van der Waals surface area contributed by atoms with Crippen LogP contribution in [0.25, 0.3) is 0 Å². The van der Waals surface area contributed by atoms with Gasteiger partial charge in [0.05, 0.1) is 30.4 Å². The number of hydrogen-bond donors (Lipinski definition) is 0. The van der Waals surface area contributed by atoms with Gasteiger partial charge in [-0.25, -0.2) is 9.59 Å². The average Bonchev–Trinajstić information content (AvgIpc) is 2.84. The molecule has 1 saturated heterocycles. The van der Waals surface area contributed by atoms with Crippen LogP contribution < -0.4 is 9.47 Å². The van der Waals surface area contributed by atoms with Crippen molar-refractivity contribution in [3.8, 4) is 11.5 Å². The zero-order valence-electron chi connectivity index (χ0n) is 11.7. The number of carbonyl (C=O) groups excluding carboxylic acids is 2. The smallest absolute Gasteiger partial charge is 0.347 e. The van der Waals surface area contributed by atoms with Crippen molar-refractivity contribution in [2.75, 3.05) is 20.3 Å². The van der Waals surface area contributed by atoms with Crippen molar-refractivity contribution in [1.82, 2.24) is 0 Å². The summed E-state index contributed by atoms with van der Waals surface area (Å²) in [6.45, 7) is 2.52. The van der Waals surface area contributed by atoms with Crippen molar-refractivity contribution in [3.63, 3.8) is 0 Å². The zero-order chi connectivity index (χ0) is 15.4. The Labute approximate surface area is 130 Å². The average molecular weight is 359 g/mol. The molecule has 0 saturated carbocycles. The van der Waals surface area contributed by atoms with Crippen LogP contribution >= 0.6 is 15.9 Å². The molecule has 1 aromatic carbocycles. The van der Waals surface area contributed by atoms with Crippen LogP contribution in [0.15, 0.2) is 16.6 Å². The molecule has 0 amide bonds. The van der Waals surface area contributed by atoms with E-state index >= 15 is 0 Å². The number of benzene rings is 1. The highest BCUT2D eigenvalue weighted by Crippen LogP contribution is 2.36. The van der Waals surface area contributed by atoms with Gasteiger partial charge in [0.25, 0.3) is 0 Å². The summed E-state index contributed by atoms with van der Waals surface area (Å²) in [5, 5.41) is 0. The van der Waals surface area contributed by atoms with Crippen molar-refractivity contribution >= 4 is 27.9 Å². The van der Waals surface area contributed by atoms with Crippen LogP contribution in [-0.2, 0) is 14.3 Å². The van der Waals surface area contributed by atoms with E-state index in [2.05, 4.69) is 15.9 Å². The quantitative estimate of drug-likeness (QED) is 0.752. The van der Waals surface area contributed by atoms with Crippen LogP contribution in [-0.4, -0.2) is 38.4 Å². The topological polar surface area (TPSA) is 71.1 Å². The first kappa shape index (κ1) is 15.6. The first-order valence-electron chi connectivity index (χ1n) is 6.44. The fraction of sp³-hybridized carbons (Fsp3) is 0.429. The third-order valence-corrected chi connectivity index (χ3v) is 3.47. The predicted molar refractivity (Wildman–Crippen MR) is 76.6 cm³/mol. The number of rotatable bonds is 5. The minimum Gasteiger partial charge on any atom is -0.492 e. The Morgan fingerprint density at radius 3 is 2.81 bits per heavy atom. The van der Waals surface area contributed by atoms with Crippen molar-refractivity contribution in [2.45, 2.75) is 19.4 Å². The maximum Gasteiger partial charge on any atom is 0.347 e. The summed E-state index contributed by atoms with van der Waals surface area (Å²) in [7, 11) is 1.51. The molecule has 0 aliphatic carbocycles. The van der Waals surface area contributed by atoms with E-state index in [1.54, 1.807) is 6.07 Å². The molecule has 1 atom stereocenters. The minimum atomic E-state index is -0.839. The third-order valence-electron chi connectivity index (χ3n) is 2.89. The lowest BCUT2D eigenvalue weighted by Gasteiger charge is -2.14. The number of carbonyl (C=O) groups is 2. The van der Waals surface area contributed by atoms with Gasteiger partial charge in [0, 0.05) is 6.42 Å². The van der Waals surface area contributed by atoms with Crippen LogP contribution in [0.5, 0.6) is 11.5 Å². The fourth-order valence-corrected chi connectivity index (χ4v) is 2.53. The fourth-order valence-electron chi connectivity index (χ4n) is 1.93. The van der Waals surface area contributed by atoms with Gasteiger partial charge < -0.3 is 18.9 Å². The lowest BCUT2D eigenvalue weighted by molar-refractivity contribution is -0.145. The molecule has 1 aliphatic heterocycles. The molecule has 0 N–H and O–H groups in total. The Morgan fingerprint density at radius 2 is 2.24 bits per heavy atom. The summed E-state index contributed by atoms with van der Waals surface area (Å²) >= 11 is 3.32. The maximum absolute atomic E-state index is 12.1. The largest absolute Gasteiger partial charge is 0.492 e. The Morgan fingerprint density at radius 1 is 1.48 bits per heavy atom. The minimum absolute atomic E-state index is 0.269. The van der Waals surface area contributed by atoms with E-state index in [-0.39, 0.29) is 12.2 Å². The van der Waals surface area contributed by atoms with Crippen LogP contribution in [0.3, 0.4) is 0 Å². The van der Waals surface area contributed by atoms with Crippen molar-refractivity contribution < 1.29 is 28.5 Å². The van der Waals surface area contributed by atoms with E-state index in [4.69, 9.17) is 18.9 Å². The molecule has 0 radical (unpaired) electrons. The van der Waals surface area contributed by atoms with Gasteiger partial charge in [-0.2, -0.15) is 0 Å². The Balaban J connectivity index is 2.22. The Hall–Kier alpha value is -1.76. The summed E-state index contributed by atoms with van der Waals surface area (Å²) in [5.41, 5.74) is 0.269. The lowest BCUT2D eigenvalue weighted by atomic mass is 10.2. The molecule has 0 spiro atoms. The van der Waals surface area contributed by atoms with Gasteiger partial charge in [-0.05, 0) is 35.0 Å². The second kappa shape index (κ2) is 6.80. The normalized spacial score (nSPS) is 17.3. The first-order chi connectivity index (χ1) is 10.1. The third kappa shape index (κ3) is 3.47. The van der Waals surface area contributed by atoms with E-state index in [0.717, 1.165) is 0 Å². The number of cyclic esters (lactones) is 1. The summed E-state index contributed by atoms with van der Waals surface area (Å²) in [6.07, 6.45) is -0.464. The SMILES string of the molecule is CCOc1cc(C(=O)O[C@@H]2CCOC2=O)cc(Br)c1OC. The van der Waals surface area contributed by atoms with Gasteiger partial charge in [-0.3, -0.25) is 0 Å².